The van der Waals surface area contributed by atoms with E-state index in [4.69, 9.17) is 4.74 Å². The normalized spacial score (nSPS) is 29.2. The molecule has 2 rings (SSSR count). The number of hydrogen-bond donors (Lipinski definition) is 1. The van der Waals surface area contributed by atoms with Crippen molar-refractivity contribution in [1.82, 2.24) is 0 Å². The predicted octanol–water partition coefficient (Wildman–Crippen LogP) is 6.01. The van der Waals surface area contributed by atoms with Gasteiger partial charge < -0.3 is 0 Å². The van der Waals surface area contributed by atoms with Gasteiger partial charge in [0.2, 0.25) is 0 Å². The molecule has 0 unspecified atom stereocenters. The van der Waals surface area contributed by atoms with E-state index in [9.17, 15) is 5.11 Å². The van der Waals surface area contributed by atoms with E-state index >= 15 is 0 Å². The van der Waals surface area contributed by atoms with Crippen molar-refractivity contribution in [1.29, 1.82) is 0 Å². The summed E-state index contributed by atoms with van der Waals surface area (Å²) in [6, 6.07) is 0. The maximum atomic E-state index is 11.4. The average molecular weight is 443 g/mol. The zero-order valence-electron chi connectivity index (χ0n) is 16.4. The number of fused-ring (bicyclic) bond motifs is 1. The SMILES string of the molecule is CCC[CH2][Sn](/[CH]=C1\CO[C@@H]2CCCC[C@]12O)([CH2]CCC)[CH2]CCC. The fourth-order valence-electron chi connectivity index (χ4n) is 4.74. The first kappa shape index (κ1) is 20.8. The van der Waals surface area contributed by atoms with Crippen LogP contribution in [0, 0.1) is 0 Å². The van der Waals surface area contributed by atoms with E-state index in [1.54, 1.807) is 0 Å². The van der Waals surface area contributed by atoms with Crippen LogP contribution in [0.25, 0.3) is 0 Å². The summed E-state index contributed by atoms with van der Waals surface area (Å²) in [6.45, 7) is 7.69. The van der Waals surface area contributed by atoms with Crippen LogP contribution in [0.15, 0.2) is 9.67 Å². The summed E-state index contributed by atoms with van der Waals surface area (Å²) >= 11 is -2.33. The van der Waals surface area contributed by atoms with Gasteiger partial charge in [0.25, 0.3) is 0 Å². The van der Waals surface area contributed by atoms with Crippen molar-refractivity contribution in [3.05, 3.63) is 9.67 Å². The molecule has 2 nitrogen and oxygen atoms in total. The number of hydrogen-bond acceptors (Lipinski definition) is 2. The molecule has 0 amide bonds. The molecule has 0 radical (unpaired) electrons. The second kappa shape index (κ2) is 9.96. The van der Waals surface area contributed by atoms with Gasteiger partial charge in [0.15, 0.2) is 0 Å². The number of aliphatic hydroxyl groups is 1. The van der Waals surface area contributed by atoms with Crippen molar-refractivity contribution in [2.45, 2.75) is 110 Å². The molecule has 1 saturated carbocycles. The molecule has 2 atom stereocenters. The van der Waals surface area contributed by atoms with Crippen LogP contribution in [0.5, 0.6) is 0 Å². The quantitative estimate of drug-likeness (QED) is 0.420. The molecule has 1 aliphatic carbocycles. The first-order chi connectivity index (χ1) is 11.6. The minimum absolute atomic E-state index is 0.0880. The van der Waals surface area contributed by atoms with E-state index in [2.05, 4.69) is 24.9 Å². The van der Waals surface area contributed by atoms with Crippen LogP contribution in [-0.2, 0) is 4.74 Å². The Morgan fingerprint density at radius 1 is 1.04 bits per heavy atom. The summed E-state index contributed by atoms with van der Waals surface area (Å²) in [5.74, 6) is 0. The van der Waals surface area contributed by atoms with E-state index < -0.39 is 24.0 Å². The van der Waals surface area contributed by atoms with Crippen LogP contribution in [-0.4, -0.2) is 41.8 Å². The molecule has 0 spiro atoms. The molecule has 2 aliphatic rings. The van der Waals surface area contributed by atoms with Crippen molar-refractivity contribution in [2.24, 2.45) is 0 Å². The summed E-state index contributed by atoms with van der Waals surface area (Å²) in [5.41, 5.74) is 0.705. The van der Waals surface area contributed by atoms with Crippen LogP contribution in [0.2, 0.25) is 13.3 Å². The van der Waals surface area contributed by atoms with Crippen LogP contribution >= 0.6 is 0 Å². The molecule has 0 aromatic rings. The fourth-order valence-corrected chi connectivity index (χ4v) is 20.2. The molecule has 0 aromatic carbocycles. The van der Waals surface area contributed by atoms with Crippen LogP contribution in [0.3, 0.4) is 0 Å². The van der Waals surface area contributed by atoms with Crippen LogP contribution < -0.4 is 0 Å². The molecule has 24 heavy (non-hydrogen) atoms. The minimum atomic E-state index is -2.33. The van der Waals surface area contributed by atoms with E-state index in [-0.39, 0.29) is 6.10 Å². The summed E-state index contributed by atoms with van der Waals surface area (Å²) in [7, 11) is 0. The zero-order valence-corrected chi connectivity index (χ0v) is 19.3. The molecule has 1 saturated heterocycles. The van der Waals surface area contributed by atoms with E-state index in [1.165, 1.54) is 63.8 Å². The molecule has 1 aliphatic heterocycles. The molecular formula is C21H40O2Sn. The van der Waals surface area contributed by atoms with Gasteiger partial charge in [0, 0.05) is 0 Å². The van der Waals surface area contributed by atoms with Crippen LogP contribution in [0.1, 0.15) is 85.0 Å². The van der Waals surface area contributed by atoms with Gasteiger partial charge in [-0.25, -0.2) is 0 Å². The second-order valence-electron chi connectivity index (χ2n) is 8.31. The Morgan fingerprint density at radius 2 is 1.62 bits per heavy atom. The fraction of sp³-hybridized carbons (Fsp3) is 0.905. The van der Waals surface area contributed by atoms with Gasteiger partial charge in [0.05, 0.1) is 0 Å². The standard InChI is InChI=1S/C9H13O2.3C4H9.Sn/c1-7-6-11-8-4-2-3-5-9(7,8)10;3*1-3-4-2;/h1,8,10H,2-6H2;3*1,3-4H2,2H3;/t8-,9+;;;;/m1..../s1. The third kappa shape index (κ3) is 5.00. The second-order valence-corrected chi connectivity index (χ2v) is 21.2. The molecule has 2 fully saturated rings. The molecule has 1 heterocycles. The van der Waals surface area contributed by atoms with Gasteiger partial charge in [-0.2, -0.15) is 0 Å². The van der Waals surface area contributed by atoms with Gasteiger partial charge in [-0.1, -0.05) is 0 Å². The first-order valence-electron chi connectivity index (χ1n) is 10.7. The zero-order chi connectivity index (χ0) is 17.5. The summed E-state index contributed by atoms with van der Waals surface area (Å²) < 4.78 is 13.2. The Bertz CT molecular complexity index is 385. The summed E-state index contributed by atoms with van der Waals surface area (Å²) in [5, 5.41) is 11.4. The topological polar surface area (TPSA) is 29.5 Å². The Kier molecular flexibility index (Phi) is 8.62. The van der Waals surface area contributed by atoms with Gasteiger partial charge in [-0.15, -0.1) is 0 Å². The Hall–Kier alpha value is 0.459. The summed E-state index contributed by atoms with van der Waals surface area (Å²) in [6.07, 6.45) is 12.5. The molecule has 1 N–H and O–H groups in total. The first-order valence-corrected chi connectivity index (χ1v) is 18.4. The Morgan fingerprint density at radius 3 is 2.17 bits per heavy atom. The molecule has 0 aromatic heterocycles. The monoisotopic (exact) mass is 444 g/mol. The molecule has 3 heteroatoms. The van der Waals surface area contributed by atoms with Gasteiger partial charge in [-0.3, -0.25) is 0 Å². The average Bonchev–Trinajstić information content (AvgIpc) is 2.92. The molecule has 0 bridgehead atoms. The van der Waals surface area contributed by atoms with E-state index in [0.29, 0.717) is 6.61 Å². The van der Waals surface area contributed by atoms with Crippen molar-refractivity contribution >= 4 is 18.4 Å². The molecular weight excluding hydrogens is 403 g/mol. The van der Waals surface area contributed by atoms with E-state index in [1.807, 2.05) is 0 Å². The maximum absolute atomic E-state index is 11.4. The third-order valence-electron chi connectivity index (χ3n) is 6.37. The molecule has 140 valence electrons. The van der Waals surface area contributed by atoms with Crippen molar-refractivity contribution in [3.63, 3.8) is 0 Å². The van der Waals surface area contributed by atoms with Gasteiger partial charge in [0.1, 0.15) is 0 Å². The van der Waals surface area contributed by atoms with Crippen molar-refractivity contribution in [3.8, 4) is 0 Å². The number of ether oxygens (including phenoxy) is 1. The summed E-state index contributed by atoms with van der Waals surface area (Å²) in [4.78, 5) is 0. The Labute approximate surface area is 154 Å². The van der Waals surface area contributed by atoms with Crippen molar-refractivity contribution < 1.29 is 9.84 Å². The number of rotatable bonds is 10. The number of unbranched alkanes of at least 4 members (excludes halogenated alkanes) is 3. The van der Waals surface area contributed by atoms with E-state index in [0.717, 1.165) is 19.3 Å². The van der Waals surface area contributed by atoms with Gasteiger partial charge in [-0.05, 0) is 0 Å². The third-order valence-corrected chi connectivity index (χ3v) is 20.7. The van der Waals surface area contributed by atoms with Gasteiger partial charge >= 0.3 is 154 Å². The predicted molar refractivity (Wildman–Crippen MR) is 106 cm³/mol. The van der Waals surface area contributed by atoms with Crippen LogP contribution in [0.4, 0.5) is 0 Å². The Balaban J connectivity index is 2.26. The van der Waals surface area contributed by atoms with Crippen molar-refractivity contribution in [2.75, 3.05) is 6.61 Å².